The molecular formula is C21H21F2N3O5. The number of ether oxygens (including phenoxy) is 3. The van der Waals surface area contributed by atoms with E-state index >= 15 is 0 Å². The van der Waals surface area contributed by atoms with Gasteiger partial charge >= 0.3 is 11.8 Å². The van der Waals surface area contributed by atoms with Crippen LogP contribution in [0.15, 0.2) is 36.4 Å². The molecule has 2 aliphatic rings. The van der Waals surface area contributed by atoms with Crippen LogP contribution in [-0.2, 0) is 14.3 Å². The van der Waals surface area contributed by atoms with Gasteiger partial charge in [0.2, 0.25) is 6.79 Å². The molecule has 2 aliphatic heterocycles. The zero-order chi connectivity index (χ0) is 21.8. The summed E-state index contributed by atoms with van der Waals surface area (Å²) in [6.07, 6.45) is 0. The number of carbonyl (C=O) groups is 2. The van der Waals surface area contributed by atoms with Crippen molar-refractivity contribution < 1.29 is 32.6 Å². The number of halogens is 2. The van der Waals surface area contributed by atoms with Crippen molar-refractivity contribution in [1.29, 1.82) is 0 Å². The van der Waals surface area contributed by atoms with Gasteiger partial charge in [-0.3, -0.25) is 14.5 Å². The van der Waals surface area contributed by atoms with Crippen LogP contribution in [0.5, 0.6) is 11.5 Å². The number of amides is 2. The van der Waals surface area contributed by atoms with Crippen molar-refractivity contribution in [1.82, 2.24) is 10.2 Å². The number of anilines is 1. The molecule has 0 spiro atoms. The molecule has 0 unspecified atom stereocenters. The Bertz CT molecular complexity index is 981. The van der Waals surface area contributed by atoms with Gasteiger partial charge in [-0.1, -0.05) is 6.07 Å². The highest BCUT2D eigenvalue weighted by Gasteiger charge is 2.26. The minimum absolute atomic E-state index is 0.137. The second kappa shape index (κ2) is 9.27. The maximum Gasteiger partial charge on any atom is 0.313 e. The van der Waals surface area contributed by atoms with Crippen LogP contribution in [0.1, 0.15) is 11.6 Å². The first-order chi connectivity index (χ1) is 15.0. The number of benzene rings is 2. The van der Waals surface area contributed by atoms with Gasteiger partial charge in [-0.2, -0.15) is 0 Å². The van der Waals surface area contributed by atoms with Gasteiger partial charge in [0.05, 0.1) is 24.9 Å². The normalized spacial score (nSPS) is 16.6. The quantitative estimate of drug-likeness (QED) is 0.700. The minimum atomic E-state index is -1.04. The molecule has 2 aromatic rings. The summed E-state index contributed by atoms with van der Waals surface area (Å²) in [4.78, 5) is 26.6. The summed E-state index contributed by atoms with van der Waals surface area (Å²) in [6, 6.07) is 7.97. The lowest BCUT2D eigenvalue weighted by Gasteiger charge is -2.34. The van der Waals surface area contributed by atoms with Gasteiger partial charge in [0, 0.05) is 25.7 Å². The van der Waals surface area contributed by atoms with Crippen LogP contribution in [0.2, 0.25) is 0 Å². The fourth-order valence-corrected chi connectivity index (χ4v) is 3.51. The van der Waals surface area contributed by atoms with Gasteiger partial charge in [-0.15, -0.1) is 0 Å². The molecule has 4 rings (SSSR count). The van der Waals surface area contributed by atoms with E-state index in [1.165, 1.54) is 0 Å². The van der Waals surface area contributed by atoms with Crippen molar-refractivity contribution in [3.8, 4) is 11.5 Å². The average Bonchev–Trinajstić information content (AvgIpc) is 3.24. The molecule has 0 bridgehead atoms. The number of nitrogens with zero attached hydrogens (tertiary/aromatic N) is 1. The molecule has 2 amide bonds. The molecule has 2 aromatic carbocycles. The van der Waals surface area contributed by atoms with Crippen molar-refractivity contribution in [2.75, 3.05) is 45.0 Å². The number of hydrogen-bond donors (Lipinski definition) is 2. The Kier molecular flexibility index (Phi) is 6.28. The maximum absolute atomic E-state index is 13.7. The number of fused-ring (bicyclic) bond motifs is 1. The standard InChI is InChI=1S/C21H21F2N3O5/c22-14-2-3-16(15(23)10-14)25-21(28)20(27)24-11-17(26-5-7-29-8-6-26)13-1-4-18-19(9-13)31-12-30-18/h1-4,9-10,17H,5-8,11-12H2,(H,24,27)(H,25,28)/t17-/m0/s1. The Balaban J connectivity index is 1.44. The average molecular weight is 433 g/mol. The molecule has 2 N–H and O–H groups in total. The van der Waals surface area contributed by atoms with Gasteiger partial charge in [-0.05, 0) is 29.8 Å². The van der Waals surface area contributed by atoms with E-state index in [2.05, 4.69) is 15.5 Å². The molecular weight excluding hydrogens is 412 g/mol. The minimum Gasteiger partial charge on any atom is -0.454 e. The molecule has 0 aromatic heterocycles. The third-order valence-corrected chi connectivity index (χ3v) is 5.11. The van der Waals surface area contributed by atoms with Gasteiger partial charge < -0.3 is 24.8 Å². The molecule has 31 heavy (non-hydrogen) atoms. The Labute approximate surface area is 177 Å². The molecule has 1 fully saturated rings. The maximum atomic E-state index is 13.7. The first kappa shape index (κ1) is 21.0. The van der Waals surface area contributed by atoms with E-state index < -0.39 is 23.4 Å². The van der Waals surface area contributed by atoms with E-state index in [1.807, 2.05) is 12.1 Å². The SMILES string of the molecule is O=C(NC[C@@H](c1ccc2c(c1)OCO2)N1CCOCC1)C(=O)Nc1ccc(F)cc1F. The Hall–Kier alpha value is -3.24. The fourth-order valence-electron chi connectivity index (χ4n) is 3.51. The molecule has 0 radical (unpaired) electrons. The highest BCUT2D eigenvalue weighted by atomic mass is 19.1. The van der Waals surface area contributed by atoms with Crippen LogP contribution in [0.3, 0.4) is 0 Å². The topological polar surface area (TPSA) is 89.1 Å². The van der Waals surface area contributed by atoms with Crippen LogP contribution in [-0.4, -0.2) is 56.4 Å². The number of rotatable bonds is 5. The summed E-state index contributed by atoms with van der Waals surface area (Å²) in [6.45, 7) is 2.71. The van der Waals surface area contributed by atoms with Crippen molar-refractivity contribution in [3.63, 3.8) is 0 Å². The highest BCUT2D eigenvalue weighted by Crippen LogP contribution is 2.35. The summed E-state index contributed by atoms with van der Waals surface area (Å²) >= 11 is 0. The van der Waals surface area contributed by atoms with Crippen LogP contribution in [0.25, 0.3) is 0 Å². The predicted molar refractivity (Wildman–Crippen MR) is 106 cm³/mol. The van der Waals surface area contributed by atoms with Gasteiger partial charge in [-0.25, -0.2) is 8.78 Å². The first-order valence-corrected chi connectivity index (χ1v) is 9.77. The number of hydrogen-bond acceptors (Lipinski definition) is 6. The van der Waals surface area contributed by atoms with Crippen LogP contribution in [0.4, 0.5) is 14.5 Å². The van der Waals surface area contributed by atoms with Crippen molar-refractivity contribution in [3.05, 3.63) is 53.6 Å². The zero-order valence-electron chi connectivity index (χ0n) is 16.5. The van der Waals surface area contributed by atoms with E-state index in [9.17, 15) is 18.4 Å². The largest absolute Gasteiger partial charge is 0.454 e. The lowest BCUT2D eigenvalue weighted by atomic mass is 10.0. The molecule has 0 saturated carbocycles. The van der Waals surface area contributed by atoms with E-state index in [0.717, 1.165) is 17.7 Å². The fraction of sp³-hybridized carbons (Fsp3) is 0.333. The Morgan fingerprint density at radius 1 is 1.00 bits per heavy atom. The lowest BCUT2D eigenvalue weighted by Crippen LogP contribution is -2.45. The number of nitrogens with one attached hydrogen (secondary N) is 2. The van der Waals surface area contributed by atoms with Crippen molar-refractivity contribution >= 4 is 17.5 Å². The summed E-state index contributed by atoms with van der Waals surface area (Å²) in [5.41, 5.74) is 0.610. The van der Waals surface area contributed by atoms with Gasteiger partial charge in [0.1, 0.15) is 11.6 Å². The second-order valence-corrected chi connectivity index (χ2v) is 7.07. The van der Waals surface area contributed by atoms with Crippen molar-refractivity contribution in [2.45, 2.75) is 6.04 Å². The van der Waals surface area contributed by atoms with Gasteiger partial charge in [0.25, 0.3) is 0 Å². The number of morpholine rings is 1. The third-order valence-electron chi connectivity index (χ3n) is 5.11. The highest BCUT2D eigenvalue weighted by molar-refractivity contribution is 6.39. The Morgan fingerprint density at radius 3 is 2.55 bits per heavy atom. The number of carbonyl (C=O) groups excluding carboxylic acids is 2. The molecule has 164 valence electrons. The van der Waals surface area contributed by atoms with Gasteiger partial charge in [0.15, 0.2) is 11.5 Å². The molecule has 1 atom stereocenters. The first-order valence-electron chi connectivity index (χ1n) is 9.77. The van der Waals surface area contributed by atoms with Crippen LogP contribution >= 0.6 is 0 Å². The Morgan fingerprint density at radius 2 is 1.77 bits per heavy atom. The smallest absolute Gasteiger partial charge is 0.313 e. The molecule has 8 nitrogen and oxygen atoms in total. The molecule has 10 heteroatoms. The third kappa shape index (κ3) is 4.92. The van der Waals surface area contributed by atoms with E-state index in [0.29, 0.717) is 43.9 Å². The predicted octanol–water partition coefficient (Wildman–Crippen LogP) is 1.82. The van der Waals surface area contributed by atoms with Crippen LogP contribution < -0.4 is 20.1 Å². The summed E-state index contributed by atoms with van der Waals surface area (Å²) in [5.74, 6) is -2.45. The zero-order valence-corrected chi connectivity index (χ0v) is 16.5. The van der Waals surface area contributed by atoms with E-state index in [-0.39, 0.29) is 25.1 Å². The molecule has 0 aliphatic carbocycles. The summed E-state index contributed by atoms with van der Waals surface area (Å²) < 4.78 is 43.0. The monoisotopic (exact) mass is 433 g/mol. The van der Waals surface area contributed by atoms with E-state index in [4.69, 9.17) is 14.2 Å². The lowest BCUT2D eigenvalue weighted by molar-refractivity contribution is -0.136. The van der Waals surface area contributed by atoms with Crippen LogP contribution in [0, 0.1) is 11.6 Å². The second-order valence-electron chi connectivity index (χ2n) is 7.07. The summed E-state index contributed by atoms with van der Waals surface area (Å²) in [7, 11) is 0. The molecule has 1 saturated heterocycles. The van der Waals surface area contributed by atoms with Crippen molar-refractivity contribution in [2.24, 2.45) is 0 Å². The van der Waals surface area contributed by atoms with E-state index in [1.54, 1.807) is 6.07 Å². The molecule has 2 heterocycles. The summed E-state index contributed by atoms with van der Waals surface area (Å²) in [5, 5.41) is 4.75.